The van der Waals surface area contributed by atoms with Crippen molar-refractivity contribution in [2.24, 2.45) is 0 Å². The van der Waals surface area contributed by atoms with Gasteiger partial charge in [0.1, 0.15) is 0 Å². The second kappa shape index (κ2) is 8.26. The third kappa shape index (κ3) is 4.79. The lowest BCUT2D eigenvalue weighted by molar-refractivity contribution is -0.138. The Balaban J connectivity index is 1.81. The molecule has 22 heavy (non-hydrogen) atoms. The zero-order valence-corrected chi connectivity index (χ0v) is 13.7. The van der Waals surface area contributed by atoms with Crippen LogP contribution in [0.1, 0.15) is 11.4 Å². The second-order valence-corrected chi connectivity index (χ2v) is 5.61. The van der Waals surface area contributed by atoms with E-state index >= 15 is 0 Å². The number of aromatic nitrogens is 2. The maximum absolute atomic E-state index is 12.2. The highest BCUT2D eigenvalue weighted by Gasteiger charge is 2.24. The molecule has 0 saturated carbocycles. The van der Waals surface area contributed by atoms with Crippen molar-refractivity contribution in [2.45, 2.75) is 26.5 Å². The maximum atomic E-state index is 12.2. The van der Waals surface area contributed by atoms with E-state index in [9.17, 15) is 4.79 Å². The van der Waals surface area contributed by atoms with Crippen molar-refractivity contribution in [2.75, 3.05) is 46.5 Å². The van der Waals surface area contributed by atoms with E-state index < -0.39 is 0 Å². The molecule has 1 fully saturated rings. The minimum absolute atomic E-state index is 0.00493. The molecule has 1 saturated heterocycles. The van der Waals surface area contributed by atoms with Gasteiger partial charge in [0.25, 0.3) is 0 Å². The summed E-state index contributed by atoms with van der Waals surface area (Å²) in [6.07, 6.45) is -0.00493. The summed E-state index contributed by atoms with van der Waals surface area (Å²) in [5, 5.41) is 7.54. The highest BCUT2D eigenvalue weighted by molar-refractivity contribution is 5.78. The predicted molar refractivity (Wildman–Crippen MR) is 82.8 cm³/mol. The highest BCUT2D eigenvalue weighted by atomic mass is 16.5. The molecular weight excluding hydrogens is 284 g/mol. The molecule has 0 spiro atoms. The summed E-state index contributed by atoms with van der Waals surface area (Å²) in [6.45, 7) is 8.17. The smallest absolute Gasteiger partial charge is 0.236 e. The Labute approximate surface area is 131 Å². The van der Waals surface area contributed by atoms with Crippen LogP contribution < -0.4 is 5.32 Å². The topological polar surface area (TPSA) is 68.6 Å². The molecule has 1 aliphatic rings. The Morgan fingerprint density at radius 2 is 2.36 bits per heavy atom. The Hall–Kier alpha value is -1.44. The quantitative estimate of drug-likeness (QED) is 0.716. The zero-order valence-electron chi connectivity index (χ0n) is 13.7. The molecule has 1 atom stereocenters. The molecule has 1 N–H and O–H groups in total. The number of aryl methyl sites for hydroxylation is 2. The van der Waals surface area contributed by atoms with E-state index in [0.717, 1.165) is 11.4 Å². The van der Waals surface area contributed by atoms with Crippen LogP contribution in [0.25, 0.3) is 0 Å². The second-order valence-electron chi connectivity index (χ2n) is 5.61. The van der Waals surface area contributed by atoms with Crippen LogP contribution in [-0.2, 0) is 20.8 Å². The SMILES string of the molecule is COCCNCC(=O)N1CCOC(Cn2nc(C)cc2C)C1. The molecule has 0 aromatic carbocycles. The van der Waals surface area contributed by atoms with Gasteiger partial charge in [0.2, 0.25) is 5.91 Å². The van der Waals surface area contributed by atoms with Crippen LogP contribution in [0.4, 0.5) is 0 Å². The Morgan fingerprint density at radius 3 is 3.05 bits per heavy atom. The average Bonchev–Trinajstić information content (AvgIpc) is 2.81. The van der Waals surface area contributed by atoms with Crippen LogP contribution in [0.3, 0.4) is 0 Å². The summed E-state index contributed by atoms with van der Waals surface area (Å²) in [5.74, 6) is 0.109. The van der Waals surface area contributed by atoms with Crippen molar-refractivity contribution in [1.29, 1.82) is 0 Å². The lowest BCUT2D eigenvalue weighted by atomic mass is 10.2. The monoisotopic (exact) mass is 310 g/mol. The molecule has 1 aromatic rings. The number of ether oxygens (including phenoxy) is 2. The van der Waals surface area contributed by atoms with E-state index in [-0.39, 0.29) is 12.0 Å². The number of morpholine rings is 1. The van der Waals surface area contributed by atoms with Crippen molar-refractivity contribution in [1.82, 2.24) is 20.0 Å². The molecule has 1 aromatic heterocycles. The van der Waals surface area contributed by atoms with Gasteiger partial charge in [-0.3, -0.25) is 9.48 Å². The molecule has 7 heteroatoms. The van der Waals surface area contributed by atoms with E-state index in [2.05, 4.69) is 10.4 Å². The van der Waals surface area contributed by atoms with Crippen LogP contribution in [0.2, 0.25) is 0 Å². The first-order valence-corrected chi connectivity index (χ1v) is 7.70. The first-order valence-electron chi connectivity index (χ1n) is 7.70. The fraction of sp³-hybridized carbons (Fsp3) is 0.733. The fourth-order valence-electron chi connectivity index (χ4n) is 2.59. The third-order valence-electron chi connectivity index (χ3n) is 3.73. The number of rotatable bonds is 7. The van der Waals surface area contributed by atoms with Crippen LogP contribution in [0, 0.1) is 13.8 Å². The van der Waals surface area contributed by atoms with Gasteiger partial charge in [0, 0.05) is 32.4 Å². The maximum Gasteiger partial charge on any atom is 0.236 e. The number of carbonyl (C=O) groups excluding carboxylic acids is 1. The van der Waals surface area contributed by atoms with Crippen molar-refractivity contribution < 1.29 is 14.3 Å². The highest BCUT2D eigenvalue weighted by Crippen LogP contribution is 2.10. The molecule has 7 nitrogen and oxygen atoms in total. The molecule has 124 valence electrons. The van der Waals surface area contributed by atoms with Gasteiger partial charge in [-0.15, -0.1) is 0 Å². The van der Waals surface area contributed by atoms with Gasteiger partial charge in [-0.2, -0.15) is 5.10 Å². The van der Waals surface area contributed by atoms with Gasteiger partial charge in [0.15, 0.2) is 0 Å². The molecular formula is C15H26N4O3. The molecule has 0 aliphatic carbocycles. The lowest BCUT2D eigenvalue weighted by Crippen LogP contribution is -2.49. The molecule has 1 aliphatic heterocycles. The van der Waals surface area contributed by atoms with Gasteiger partial charge in [-0.05, 0) is 19.9 Å². The summed E-state index contributed by atoms with van der Waals surface area (Å²) in [7, 11) is 1.65. The van der Waals surface area contributed by atoms with Crippen molar-refractivity contribution in [3.05, 3.63) is 17.5 Å². The van der Waals surface area contributed by atoms with Gasteiger partial charge >= 0.3 is 0 Å². The van der Waals surface area contributed by atoms with E-state index in [4.69, 9.17) is 9.47 Å². The van der Waals surface area contributed by atoms with Gasteiger partial charge in [-0.1, -0.05) is 0 Å². The van der Waals surface area contributed by atoms with Gasteiger partial charge < -0.3 is 19.7 Å². The Morgan fingerprint density at radius 1 is 1.55 bits per heavy atom. The minimum Gasteiger partial charge on any atom is -0.383 e. The van der Waals surface area contributed by atoms with Gasteiger partial charge in [-0.25, -0.2) is 0 Å². The number of hydrogen-bond acceptors (Lipinski definition) is 5. The summed E-state index contributed by atoms with van der Waals surface area (Å²) < 4.78 is 12.7. The lowest BCUT2D eigenvalue weighted by Gasteiger charge is -2.33. The van der Waals surface area contributed by atoms with Crippen LogP contribution >= 0.6 is 0 Å². The molecule has 0 radical (unpaired) electrons. The van der Waals surface area contributed by atoms with Crippen molar-refractivity contribution in [3.8, 4) is 0 Å². The van der Waals surface area contributed by atoms with E-state index in [1.165, 1.54) is 0 Å². The van der Waals surface area contributed by atoms with Crippen LogP contribution in [0.15, 0.2) is 6.07 Å². The number of methoxy groups -OCH3 is 1. The Kier molecular flexibility index (Phi) is 6.35. The fourth-order valence-corrected chi connectivity index (χ4v) is 2.59. The van der Waals surface area contributed by atoms with Gasteiger partial charge in [0.05, 0.1) is 38.1 Å². The van der Waals surface area contributed by atoms with Crippen LogP contribution in [0.5, 0.6) is 0 Å². The van der Waals surface area contributed by atoms with Crippen molar-refractivity contribution >= 4 is 5.91 Å². The molecule has 2 heterocycles. The normalized spacial score (nSPS) is 18.7. The number of nitrogens with one attached hydrogen (secondary N) is 1. The number of amides is 1. The predicted octanol–water partition coefficient (Wildman–Crippen LogP) is -0.0367. The third-order valence-corrected chi connectivity index (χ3v) is 3.73. The standard InChI is InChI=1S/C15H26N4O3/c1-12-8-13(2)19(17-12)11-14-10-18(5-7-22-14)15(20)9-16-4-6-21-3/h8,14,16H,4-7,9-11H2,1-3H3. The largest absolute Gasteiger partial charge is 0.383 e. The molecule has 2 rings (SSSR count). The van der Waals surface area contributed by atoms with E-state index in [0.29, 0.717) is 45.9 Å². The zero-order chi connectivity index (χ0) is 15.9. The summed E-state index contributed by atoms with van der Waals surface area (Å²) >= 11 is 0. The summed E-state index contributed by atoms with van der Waals surface area (Å²) in [4.78, 5) is 14.0. The number of nitrogens with zero attached hydrogens (tertiary/aromatic N) is 3. The molecule has 1 unspecified atom stereocenters. The molecule has 1 amide bonds. The summed E-state index contributed by atoms with van der Waals surface area (Å²) in [5.41, 5.74) is 2.12. The first kappa shape index (κ1) is 16.9. The van der Waals surface area contributed by atoms with Crippen LogP contribution in [-0.4, -0.2) is 73.2 Å². The van der Waals surface area contributed by atoms with E-state index in [1.54, 1.807) is 7.11 Å². The summed E-state index contributed by atoms with van der Waals surface area (Å²) in [6, 6.07) is 2.05. The van der Waals surface area contributed by atoms with Crippen molar-refractivity contribution in [3.63, 3.8) is 0 Å². The Bertz CT molecular complexity index is 489. The average molecular weight is 310 g/mol. The van der Waals surface area contributed by atoms with E-state index in [1.807, 2.05) is 29.5 Å². The number of carbonyl (C=O) groups is 1. The minimum atomic E-state index is -0.00493. The molecule has 0 bridgehead atoms. The first-order chi connectivity index (χ1) is 10.6. The number of hydrogen-bond donors (Lipinski definition) is 1.